The molecular formula is C35H44N8O4S. The van der Waals surface area contributed by atoms with Crippen LogP contribution in [0.5, 0.6) is 5.88 Å². The molecule has 1 spiro atoms. The van der Waals surface area contributed by atoms with E-state index in [1.165, 1.54) is 11.3 Å². The van der Waals surface area contributed by atoms with Crippen LogP contribution in [-0.2, 0) is 21.4 Å². The quantitative estimate of drug-likeness (QED) is 0.320. The summed E-state index contributed by atoms with van der Waals surface area (Å²) < 4.78 is 17.7. The number of hydrogen-bond donors (Lipinski definition) is 1. The second kappa shape index (κ2) is 12.8. The number of piperazine rings is 1. The fourth-order valence-corrected chi connectivity index (χ4v) is 9.15. The van der Waals surface area contributed by atoms with Gasteiger partial charge in [0, 0.05) is 55.9 Å². The molecule has 3 aromatic heterocycles. The molecule has 3 aromatic rings. The van der Waals surface area contributed by atoms with E-state index in [1.807, 2.05) is 17.0 Å². The molecule has 2 aliphatic carbocycles. The van der Waals surface area contributed by atoms with E-state index in [2.05, 4.69) is 41.9 Å². The van der Waals surface area contributed by atoms with Gasteiger partial charge in [0.2, 0.25) is 11.8 Å². The molecule has 2 aliphatic heterocycles. The van der Waals surface area contributed by atoms with Crippen LogP contribution in [0.3, 0.4) is 0 Å². The Labute approximate surface area is 285 Å². The van der Waals surface area contributed by atoms with Crippen molar-refractivity contribution in [3.63, 3.8) is 0 Å². The molecule has 1 amide bonds. The molecule has 13 heteroatoms. The van der Waals surface area contributed by atoms with Crippen molar-refractivity contribution >= 4 is 28.1 Å². The van der Waals surface area contributed by atoms with Crippen molar-refractivity contribution in [2.45, 2.75) is 81.9 Å². The minimum absolute atomic E-state index is 0.0209. The standard InChI is InChI=1S/C35H44N8O4S/c1-22(25-8-6-14-41(25)3)46-29-19-28(42-15-16-43(35(21-42)12-13-35)30(44)10-7-17-45-4)38-33(39-29)24-18-27(47-40-24)34(2)11-5-9-26-31(34)23(20-36)32(37)48-26/h7,10,18-19,22,25H,5-6,8-9,11-17,21,37H2,1-4H3/b10-7+/t22-,25-,34+/m0/s1. The largest absolute Gasteiger partial charge is 0.473 e. The molecule has 1 saturated carbocycles. The summed E-state index contributed by atoms with van der Waals surface area (Å²) in [6.07, 6.45) is 10.1. The summed E-state index contributed by atoms with van der Waals surface area (Å²) in [5.41, 5.74) is 7.52. The van der Waals surface area contributed by atoms with E-state index in [0.29, 0.717) is 66.0 Å². The fraction of sp³-hybridized carbons (Fsp3) is 0.571. The minimum Gasteiger partial charge on any atom is -0.473 e. The zero-order chi connectivity index (χ0) is 33.6. The lowest BCUT2D eigenvalue weighted by Crippen LogP contribution is -2.57. The van der Waals surface area contributed by atoms with E-state index >= 15 is 0 Å². The number of likely N-dealkylation sites (tertiary alicyclic amines) is 1. The van der Waals surface area contributed by atoms with Crippen molar-refractivity contribution < 1.29 is 18.8 Å². The van der Waals surface area contributed by atoms with Gasteiger partial charge < -0.3 is 29.5 Å². The van der Waals surface area contributed by atoms with Gasteiger partial charge in [-0.05, 0) is 77.9 Å². The van der Waals surface area contributed by atoms with Crippen molar-refractivity contribution in [3.8, 4) is 23.5 Å². The molecule has 0 unspecified atom stereocenters. The molecule has 2 N–H and O–H groups in total. The van der Waals surface area contributed by atoms with Crippen LogP contribution < -0.4 is 15.4 Å². The highest BCUT2D eigenvalue weighted by molar-refractivity contribution is 7.16. The van der Waals surface area contributed by atoms with E-state index in [1.54, 1.807) is 19.3 Å². The normalized spacial score (nSPS) is 24.2. The fourth-order valence-electron chi connectivity index (χ4n) is 7.95. The van der Waals surface area contributed by atoms with Gasteiger partial charge in [0.05, 0.1) is 23.1 Å². The molecule has 3 atom stereocenters. The van der Waals surface area contributed by atoms with Crippen molar-refractivity contribution in [2.24, 2.45) is 0 Å². The highest BCUT2D eigenvalue weighted by atomic mass is 32.1. The number of ether oxygens (including phenoxy) is 2. The molecular weight excluding hydrogens is 629 g/mol. The molecule has 0 bridgehead atoms. The van der Waals surface area contributed by atoms with Crippen LogP contribution in [0.25, 0.3) is 11.5 Å². The molecule has 4 aliphatic rings. The van der Waals surface area contributed by atoms with Crippen molar-refractivity contribution in [3.05, 3.63) is 46.0 Å². The second-order valence-corrected chi connectivity index (χ2v) is 15.0. The number of hydrogen-bond acceptors (Lipinski definition) is 12. The molecule has 254 valence electrons. The Hall–Kier alpha value is -3.99. The number of nitriles is 1. The van der Waals surface area contributed by atoms with E-state index in [9.17, 15) is 10.1 Å². The minimum atomic E-state index is -0.546. The lowest BCUT2D eigenvalue weighted by Gasteiger charge is -2.42. The van der Waals surface area contributed by atoms with Gasteiger partial charge in [-0.2, -0.15) is 10.2 Å². The monoisotopic (exact) mass is 672 g/mol. The average molecular weight is 673 g/mol. The molecule has 7 rings (SSSR count). The highest BCUT2D eigenvalue weighted by Crippen LogP contribution is 2.49. The average Bonchev–Trinajstić information content (AvgIpc) is 3.40. The molecule has 2 saturated heterocycles. The number of nitrogens with zero attached hydrogens (tertiary/aromatic N) is 7. The van der Waals surface area contributed by atoms with Gasteiger partial charge in [0.15, 0.2) is 11.5 Å². The van der Waals surface area contributed by atoms with Crippen LogP contribution in [0.15, 0.2) is 28.8 Å². The molecule has 0 aromatic carbocycles. The zero-order valence-electron chi connectivity index (χ0n) is 28.2. The lowest BCUT2D eigenvalue weighted by molar-refractivity contribution is -0.129. The summed E-state index contributed by atoms with van der Waals surface area (Å²) >= 11 is 1.50. The Bertz CT molecular complexity index is 1760. The van der Waals surface area contributed by atoms with Crippen molar-refractivity contribution in [1.29, 1.82) is 5.26 Å². The number of aryl methyl sites for hydroxylation is 1. The Morgan fingerprint density at radius 1 is 1.25 bits per heavy atom. The maximum atomic E-state index is 13.1. The molecule has 0 radical (unpaired) electrons. The molecule has 3 fully saturated rings. The maximum Gasteiger partial charge on any atom is 0.246 e. The molecule has 48 heavy (non-hydrogen) atoms. The summed E-state index contributed by atoms with van der Waals surface area (Å²) in [6.45, 7) is 7.56. The Morgan fingerprint density at radius 2 is 2.08 bits per heavy atom. The number of amides is 1. The third kappa shape index (κ3) is 5.84. The van der Waals surface area contributed by atoms with Crippen molar-refractivity contribution in [1.82, 2.24) is 24.9 Å². The van der Waals surface area contributed by atoms with E-state index < -0.39 is 5.41 Å². The van der Waals surface area contributed by atoms with Crippen LogP contribution in [-0.4, -0.2) is 95.5 Å². The number of thiophene rings is 1. The first-order valence-electron chi connectivity index (χ1n) is 16.9. The van der Waals surface area contributed by atoms with Gasteiger partial charge in [0.1, 0.15) is 28.8 Å². The van der Waals surface area contributed by atoms with Crippen LogP contribution in [0.4, 0.5) is 10.8 Å². The number of fused-ring (bicyclic) bond motifs is 1. The van der Waals surface area contributed by atoms with E-state index in [4.69, 9.17) is 29.7 Å². The summed E-state index contributed by atoms with van der Waals surface area (Å²) in [4.78, 5) is 30.7. The van der Waals surface area contributed by atoms with Crippen LogP contribution in [0.1, 0.15) is 74.1 Å². The van der Waals surface area contributed by atoms with Crippen LogP contribution >= 0.6 is 11.3 Å². The Kier molecular flexibility index (Phi) is 8.68. The van der Waals surface area contributed by atoms with Gasteiger partial charge in [-0.25, -0.2) is 4.98 Å². The second-order valence-electron chi connectivity index (χ2n) is 13.9. The number of carbonyl (C=O) groups is 1. The first kappa shape index (κ1) is 32.6. The van der Waals surface area contributed by atoms with Gasteiger partial charge in [-0.3, -0.25) is 9.69 Å². The predicted molar refractivity (Wildman–Crippen MR) is 183 cm³/mol. The maximum absolute atomic E-state index is 13.1. The first-order valence-corrected chi connectivity index (χ1v) is 17.7. The smallest absolute Gasteiger partial charge is 0.246 e. The predicted octanol–water partition coefficient (Wildman–Crippen LogP) is 4.53. The zero-order valence-corrected chi connectivity index (χ0v) is 29.0. The van der Waals surface area contributed by atoms with Gasteiger partial charge >= 0.3 is 0 Å². The summed E-state index contributed by atoms with van der Waals surface area (Å²) in [5.74, 6) is 2.33. The highest BCUT2D eigenvalue weighted by Gasteiger charge is 2.53. The number of aromatic nitrogens is 3. The van der Waals surface area contributed by atoms with Gasteiger partial charge in [-0.1, -0.05) is 11.2 Å². The van der Waals surface area contributed by atoms with E-state index in [-0.39, 0.29) is 17.6 Å². The van der Waals surface area contributed by atoms with Gasteiger partial charge in [0.25, 0.3) is 0 Å². The SMILES string of the molecule is COC/C=C/C(=O)N1CCN(c2cc(O[C@@H](C)[C@@H]3CCCN3C)nc(-c3cc([C@@]4(C)CCCc5sc(N)c(C#N)c54)on3)n2)CC12CC2. The third-order valence-electron chi connectivity index (χ3n) is 10.7. The Balaban J connectivity index is 1.21. The van der Waals surface area contributed by atoms with E-state index in [0.717, 1.165) is 67.7 Å². The summed E-state index contributed by atoms with van der Waals surface area (Å²) in [6, 6.07) is 6.47. The van der Waals surface area contributed by atoms with Crippen LogP contribution in [0, 0.1) is 11.3 Å². The number of likely N-dealkylation sites (N-methyl/N-ethyl adjacent to an activating group) is 1. The van der Waals surface area contributed by atoms with Crippen LogP contribution in [0.2, 0.25) is 0 Å². The number of nitrogens with two attached hydrogens (primary N) is 1. The lowest BCUT2D eigenvalue weighted by atomic mass is 9.71. The summed E-state index contributed by atoms with van der Waals surface area (Å²) in [5, 5.41) is 15.0. The van der Waals surface area contributed by atoms with Crippen molar-refractivity contribution in [2.75, 3.05) is 57.6 Å². The van der Waals surface area contributed by atoms with Gasteiger partial charge in [-0.15, -0.1) is 11.3 Å². The Morgan fingerprint density at radius 3 is 2.81 bits per heavy atom. The number of carbonyl (C=O) groups excluding carboxylic acids is 1. The third-order valence-corrected chi connectivity index (χ3v) is 11.8. The molecule has 12 nitrogen and oxygen atoms in total. The molecule has 5 heterocycles. The number of methoxy groups -OCH3 is 1. The number of rotatable bonds is 9. The topological polar surface area (TPSA) is 147 Å². The number of nitrogen functional groups attached to an aromatic ring is 1. The number of anilines is 2. The summed E-state index contributed by atoms with van der Waals surface area (Å²) in [7, 11) is 3.76. The first-order chi connectivity index (χ1) is 23.2.